The lowest BCUT2D eigenvalue weighted by Gasteiger charge is -2.31. The zero-order chi connectivity index (χ0) is 12.4. The number of rotatable bonds is 6. The molecule has 100 valence electrons. The molecule has 0 aromatic heterocycles. The molecule has 0 aliphatic heterocycles. The third-order valence-corrected chi connectivity index (χ3v) is 4.90. The van der Waals surface area contributed by atoms with E-state index in [0.717, 1.165) is 24.4 Å². The van der Waals surface area contributed by atoms with Crippen molar-refractivity contribution in [2.75, 3.05) is 6.61 Å². The average molecular weight is 239 g/mol. The zero-order valence-corrected chi connectivity index (χ0v) is 11.7. The summed E-state index contributed by atoms with van der Waals surface area (Å²) in [5, 5.41) is 0. The molecule has 0 amide bonds. The second-order valence-corrected chi connectivity index (χ2v) is 6.50. The Bertz CT molecular complexity index is 241. The van der Waals surface area contributed by atoms with Gasteiger partial charge in [-0.2, -0.15) is 0 Å². The maximum absolute atomic E-state index is 6.39. The van der Waals surface area contributed by atoms with Gasteiger partial charge >= 0.3 is 0 Å². The van der Waals surface area contributed by atoms with Crippen molar-refractivity contribution in [2.45, 2.75) is 65.0 Å². The summed E-state index contributed by atoms with van der Waals surface area (Å²) in [6.07, 6.45) is 7.30. The van der Waals surface area contributed by atoms with Gasteiger partial charge in [0, 0.05) is 12.6 Å². The Kier molecular flexibility index (Phi) is 4.48. The van der Waals surface area contributed by atoms with Crippen LogP contribution >= 0.6 is 0 Å². The number of hydrogen-bond donors (Lipinski definition) is 1. The predicted octanol–water partition coefficient (Wildman–Crippen LogP) is 3.20. The van der Waals surface area contributed by atoms with Gasteiger partial charge < -0.3 is 10.5 Å². The molecule has 2 aliphatic carbocycles. The van der Waals surface area contributed by atoms with Crippen molar-refractivity contribution in [1.82, 2.24) is 0 Å². The topological polar surface area (TPSA) is 35.2 Å². The molecular formula is C15H29NO. The zero-order valence-electron chi connectivity index (χ0n) is 11.7. The smallest absolute Gasteiger partial charge is 0.0748 e. The predicted molar refractivity (Wildman–Crippen MR) is 71.8 cm³/mol. The Balaban J connectivity index is 1.84. The first-order valence-electron chi connectivity index (χ1n) is 7.49. The van der Waals surface area contributed by atoms with Crippen molar-refractivity contribution < 1.29 is 4.74 Å². The standard InChI is InChI=1S/C15H29NO/c1-4-17-15(10(2)3)14(16)9-13-8-11-5-6-12(13)7-11/h10-15H,4-9,16H2,1-3H3. The monoisotopic (exact) mass is 239 g/mol. The molecule has 0 saturated heterocycles. The van der Waals surface area contributed by atoms with E-state index < -0.39 is 0 Å². The van der Waals surface area contributed by atoms with Crippen LogP contribution in [-0.2, 0) is 4.74 Å². The largest absolute Gasteiger partial charge is 0.377 e. The van der Waals surface area contributed by atoms with E-state index in [9.17, 15) is 0 Å². The van der Waals surface area contributed by atoms with Gasteiger partial charge in [-0.15, -0.1) is 0 Å². The first-order chi connectivity index (χ1) is 8.11. The molecule has 0 aromatic carbocycles. The van der Waals surface area contributed by atoms with Crippen molar-refractivity contribution in [3.05, 3.63) is 0 Å². The summed E-state index contributed by atoms with van der Waals surface area (Å²) in [4.78, 5) is 0. The fraction of sp³-hybridized carbons (Fsp3) is 1.00. The van der Waals surface area contributed by atoms with E-state index in [2.05, 4.69) is 20.8 Å². The van der Waals surface area contributed by atoms with Crippen LogP contribution in [0.15, 0.2) is 0 Å². The summed E-state index contributed by atoms with van der Waals surface area (Å²) >= 11 is 0. The molecule has 2 aliphatic rings. The minimum absolute atomic E-state index is 0.235. The molecule has 0 radical (unpaired) electrons. The normalized spacial score (nSPS) is 35.5. The molecule has 0 spiro atoms. The van der Waals surface area contributed by atoms with Crippen LogP contribution in [0.1, 0.15) is 52.9 Å². The van der Waals surface area contributed by atoms with Gasteiger partial charge in [0.1, 0.15) is 0 Å². The molecule has 5 atom stereocenters. The van der Waals surface area contributed by atoms with Crippen molar-refractivity contribution in [3.63, 3.8) is 0 Å². The van der Waals surface area contributed by atoms with Gasteiger partial charge in [0.15, 0.2) is 0 Å². The van der Waals surface area contributed by atoms with E-state index in [1.54, 1.807) is 0 Å². The van der Waals surface area contributed by atoms with Gasteiger partial charge in [0.25, 0.3) is 0 Å². The SMILES string of the molecule is CCOC(C(C)C)C(N)CC1CC2CCC1C2. The van der Waals surface area contributed by atoms with Gasteiger partial charge in [-0.25, -0.2) is 0 Å². The van der Waals surface area contributed by atoms with Crippen LogP contribution in [0.2, 0.25) is 0 Å². The Morgan fingerprint density at radius 2 is 2.00 bits per heavy atom. The van der Waals surface area contributed by atoms with Gasteiger partial charge in [0.2, 0.25) is 0 Å². The quantitative estimate of drug-likeness (QED) is 0.772. The number of hydrogen-bond acceptors (Lipinski definition) is 2. The van der Waals surface area contributed by atoms with E-state index in [1.165, 1.54) is 32.1 Å². The molecule has 0 heterocycles. The van der Waals surface area contributed by atoms with Crippen LogP contribution in [0.4, 0.5) is 0 Å². The molecule has 2 bridgehead atoms. The molecule has 2 nitrogen and oxygen atoms in total. The molecule has 2 fully saturated rings. The Hall–Kier alpha value is -0.0800. The highest BCUT2D eigenvalue weighted by atomic mass is 16.5. The summed E-state index contributed by atoms with van der Waals surface area (Å²) in [6.45, 7) is 7.30. The van der Waals surface area contributed by atoms with Crippen LogP contribution in [0.3, 0.4) is 0 Å². The van der Waals surface area contributed by atoms with Crippen molar-refractivity contribution in [3.8, 4) is 0 Å². The first-order valence-corrected chi connectivity index (χ1v) is 7.49. The maximum Gasteiger partial charge on any atom is 0.0748 e. The highest BCUT2D eigenvalue weighted by molar-refractivity contribution is 4.92. The summed E-state index contributed by atoms with van der Waals surface area (Å²) in [5.74, 6) is 3.44. The molecule has 5 unspecified atom stereocenters. The lowest BCUT2D eigenvalue weighted by atomic mass is 9.82. The minimum atomic E-state index is 0.235. The third-order valence-electron chi connectivity index (χ3n) is 4.90. The average Bonchev–Trinajstić information content (AvgIpc) is 2.86. The number of fused-ring (bicyclic) bond motifs is 2. The van der Waals surface area contributed by atoms with Crippen LogP contribution in [0.25, 0.3) is 0 Å². The van der Waals surface area contributed by atoms with Crippen LogP contribution < -0.4 is 5.73 Å². The fourth-order valence-electron chi connectivity index (χ4n) is 4.15. The van der Waals surface area contributed by atoms with Crippen LogP contribution in [0.5, 0.6) is 0 Å². The van der Waals surface area contributed by atoms with E-state index in [1.807, 2.05) is 0 Å². The minimum Gasteiger partial charge on any atom is -0.377 e. The second kappa shape index (κ2) is 5.71. The molecule has 0 aromatic rings. The molecule has 2 heteroatoms. The number of ether oxygens (including phenoxy) is 1. The first kappa shape index (κ1) is 13.4. The van der Waals surface area contributed by atoms with Crippen molar-refractivity contribution in [1.29, 1.82) is 0 Å². The summed E-state index contributed by atoms with van der Waals surface area (Å²) in [6, 6.07) is 0.235. The molecular weight excluding hydrogens is 210 g/mol. The molecule has 2 rings (SSSR count). The van der Waals surface area contributed by atoms with E-state index >= 15 is 0 Å². The fourth-order valence-corrected chi connectivity index (χ4v) is 4.15. The van der Waals surface area contributed by atoms with Gasteiger partial charge in [-0.1, -0.05) is 20.3 Å². The third kappa shape index (κ3) is 3.03. The summed E-state index contributed by atoms with van der Waals surface area (Å²) < 4.78 is 5.83. The highest BCUT2D eigenvalue weighted by Crippen LogP contribution is 2.50. The van der Waals surface area contributed by atoms with Crippen LogP contribution in [0, 0.1) is 23.7 Å². The van der Waals surface area contributed by atoms with Crippen molar-refractivity contribution >= 4 is 0 Å². The Morgan fingerprint density at radius 3 is 2.47 bits per heavy atom. The van der Waals surface area contributed by atoms with Crippen LogP contribution in [-0.4, -0.2) is 18.8 Å². The Labute approximate surface area is 106 Å². The van der Waals surface area contributed by atoms with E-state index in [4.69, 9.17) is 10.5 Å². The molecule has 2 N–H and O–H groups in total. The Morgan fingerprint density at radius 1 is 1.24 bits per heavy atom. The summed E-state index contributed by atoms with van der Waals surface area (Å²) in [5.41, 5.74) is 6.39. The lowest BCUT2D eigenvalue weighted by molar-refractivity contribution is 0.00537. The van der Waals surface area contributed by atoms with E-state index in [-0.39, 0.29) is 12.1 Å². The highest BCUT2D eigenvalue weighted by Gasteiger charge is 2.40. The lowest BCUT2D eigenvalue weighted by Crippen LogP contribution is -2.42. The van der Waals surface area contributed by atoms with Crippen molar-refractivity contribution in [2.24, 2.45) is 29.4 Å². The van der Waals surface area contributed by atoms with E-state index in [0.29, 0.717) is 5.92 Å². The maximum atomic E-state index is 6.39. The molecule has 17 heavy (non-hydrogen) atoms. The summed E-state index contributed by atoms with van der Waals surface area (Å²) in [7, 11) is 0. The van der Waals surface area contributed by atoms with Gasteiger partial charge in [-0.3, -0.25) is 0 Å². The van der Waals surface area contributed by atoms with Gasteiger partial charge in [-0.05, 0) is 56.3 Å². The second-order valence-electron chi connectivity index (χ2n) is 6.50. The van der Waals surface area contributed by atoms with Gasteiger partial charge in [0.05, 0.1) is 6.10 Å². The number of nitrogens with two attached hydrogens (primary N) is 1. The molecule has 2 saturated carbocycles.